The second-order valence-corrected chi connectivity index (χ2v) is 7.49. The fourth-order valence-electron chi connectivity index (χ4n) is 2.27. The monoisotopic (exact) mass is 386 g/mol. The van der Waals surface area contributed by atoms with E-state index in [1.165, 1.54) is 24.3 Å². The Kier molecular flexibility index (Phi) is 6.25. The summed E-state index contributed by atoms with van der Waals surface area (Å²) in [5, 5.41) is 2.54. The molecule has 0 aliphatic rings. The first-order valence-corrected chi connectivity index (χ1v) is 9.45. The summed E-state index contributed by atoms with van der Waals surface area (Å²) in [6.45, 7) is -0.189. The van der Waals surface area contributed by atoms with Gasteiger partial charge in [-0.1, -0.05) is 12.1 Å². The first-order valence-electron chi connectivity index (χ1n) is 7.61. The minimum absolute atomic E-state index is 0.00430. The second-order valence-electron chi connectivity index (χ2n) is 5.59. The topological polar surface area (TPSA) is 66.5 Å². The van der Waals surface area contributed by atoms with Gasteiger partial charge in [0.25, 0.3) is 0 Å². The fourth-order valence-corrected chi connectivity index (χ4v) is 3.19. The van der Waals surface area contributed by atoms with Gasteiger partial charge in [0.05, 0.1) is 24.9 Å². The van der Waals surface area contributed by atoms with Crippen LogP contribution < -0.4 is 9.62 Å². The number of carbonyl (C=O) groups excluding carboxylic acids is 1. The van der Waals surface area contributed by atoms with Crippen LogP contribution in [0.25, 0.3) is 0 Å². The highest BCUT2D eigenvalue weighted by Crippen LogP contribution is 2.20. The lowest BCUT2D eigenvalue weighted by Gasteiger charge is -2.22. The molecule has 1 amide bonds. The van der Waals surface area contributed by atoms with Crippen molar-refractivity contribution in [2.75, 3.05) is 23.7 Å². The number of rotatable bonds is 7. The van der Waals surface area contributed by atoms with Gasteiger partial charge in [-0.05, 0) is 29.8 Å². The summed E-state index contributed by atoms with van der Waals surface area (Å²) in [5.74, 6) is -3.05. The minimum atomic E-state index is -3.76. The van der Waals surface area contributed by atoms with Gasteiger partial charge in [0.15, 0.2) is 11.6 Å². The van der Waals surface area contributed by atoms with E-state index in [1.807, 2.05) is 0 Å². The predicted molar refractivity (Wildman–Crippen MR) is 91.7 cm³/mol. The van der Waals surface area contributed by atoms with Crippen molar-refractivity contribution in [1.29, 1.82) is 0 Å². The maximum Gasteiger partial charge on any atom is 0.232 e. The third kappa shape index (κ3) is 5.48. The molecule has 9 heteroatoms. The molecule has 2 aromatic rings. The Morgan fingerprint density at radius 3 is 2.27 bits per heavy atom. The van der Waals surface area contributed by atoms with E-state index in [4.69, 9.17) is 0 Å². The number of nitrogens with one attached hydrogen (secondary N) is 1. The molecule has 2 aromatic carbocycles. The second kappa shape index (κ2) is 8.22. The molecule has 5 nitrogen and oxygen atoms in total. The van der Waals surface area contributed by atoms with Crippen molar-refractivity contribution in [3.63, 3.8) is 0 Å². The van der Waals surface area contributed by atoms with Crippen molar-refractivity contribution in [2.24, 2.45) is 0 Å². The van der Waals surface area contributed by atoms with Crippen molar-refractivity contribution in [3.8, 4) is 0 Å². The van der Waals surface area contributed by atoms with E-state index in [1.54, 1.807) is 0 Å². The summed E-state index contributed by atoms with van der Waals surface area (Å²) in [4.78, 5) is 11.9. The molecule has 0 saturated heterocycles. The minimum Gasteiger partial charge on any atom is -0.354 e. The van der Waals surface area contributed by atoms with Gasteiger partial charge < -0.3 is 5.32 Å². The normalized spacial score (nSPS) is 11.2. The Morgan fingerprint density at radius 2 is 1.69 bits per heavy atom. The summed E-state index contributed by atoms with van der Waals surface area (Å²) in [7, 11) is -3.76. The Morgan fingerprint density at radius 1 is 1.04 bits per heavy atom. The molecule has 0 radical (unpaired) electrons. The number of hydrogen-bond acceptors (Lipinski definition) is 3. The molecule has 140 valence electrons. The average molecular weight is 386 g/mol. The standard InChI is InChI=1S/C17H17F3N2O3S/c1-26(24,25)22(14-6-7-15(19)16(20)11-14)9-8-21-17(23)10-12-2-4-13(18)5-3-12/h2-7,11H,8-10H2,1H3,(H,21,23). The maximum atomic E-state index is 13.4. The number of benzene rings is 2. The van der Waals surface area contributed by atoms with Gasteiger partial charge in [0.1, 0.15) is 5.82 Å². The summed E-state index contributed by atoms with van der Waals surface area (Å²) in [6.07, 6.45) is 0.929. The maximum absolute atomic E-state index is 13.4. The number of nitrogens with zero attached hydrogens (tertiary/aromatic N) is 1. The Hall–Kier alpha value is -2.55. The van der Waals surface area contributed by atoms with Crippen molar-refractivity contribution in [2.45, 2.75) is 6.42 Å². The number of sulfonamides is 1. The van der Waals surface area contributed by atoms with E-state index in [9.17, 15) is 26.4 Å². The van der Waals surface area contributed by atoms with Gasteiger partial charge >= 0.3 is 0 Å². The van der Waals surface area contributed by atoms with Crippen LogP contribution in [0.1, 0.15) is 5.56 Å². The lowest BCUT2D eigenvalue weighted by molar-refractivity contribution is -0.120. The van der Waals surface area contributed by atoms with Crippen LogP contribution in [-0.2, 0) is 21.2 Å². The number of hydrogen-bond donors (Lipinski definition) is 1. The van der Waals surface area contributed by atoms with E-state index in [0.29, 0.717) is 5.56 Å². The Balaban J connectivity index is 1.98. The molecule has 0 aliphatic carbocycles. The fraction of sp³-hybridized carbons (Fsp3) is 0.235. The third-order valence-corrected chi connectivity index (χ3v) is 4.70. The van der Waals surface area contributed by atoms with Gasteiger partial charge in [-0.3, -0.25) is 9.10 Å². The van der Waals surface area contributed by atoms with E-state index in [2.05, 4.69) is 5.32 Å². The number of anilines is 1. The Bertz CT molecular complexity index is 887. The molecule has 2 rings (SSSR count). The summed E-state index contributed by atoms with van der Waals surface area (Å²) in [6, 6.07) is 8.15. The molecule has 0 aliphatic heterocycles. The van der Waals surface area contributed by atoms with Gasteiger partial charge in [-0.2, -0.15) is 0 Å². The van der Waals surface area contributed by atoms with Crippen LogP contribution in [0.3, 0.4) is 0 Å². The van der Waals surface area contributed by atoms with Crippen LogP contribution in [0, 0.1) is 17.5 Å². The smallest absolute Gasteiger partial charge is 0.232 e. The van der Waals surface area contributed by atoms with E-state index >= 15 is 0 Å². The highest BCUT2D eigenvalue weighted by Gasteiger charge is 2.19. The molecule has 0 unspecified atom stereocenters. The van der Waals surface area contributed by atoms with E-state index < -0.39 is 27.5 Å². The van der Waals surface area contributed by atoms with Gasteiger partial charge in [0.2, 0.25) is 15.9 Å². The number of carbonyl (C=O) groups is 1. The van der Waals surface area contributed by atoms with Gasteiger partial charge in [0, 0.05) is 12.6 Å². The molecular formula is C17H17F3N2O3S. The van der Waals surface area contributed by atoms with Gasteiger partial charge in [-0.15, -0.1) is 0 Å². The molecule has 0 fully saturated rings. The van der Waals surface area contributed by atoms with Crippen LogP contribution in [0.15, 0.2) is 42.5 Å². The van der Waals surface area contributed by atoms with Crippen LogP contribution in [0.2, 0.25) is 0 Å². The third-order valence-electron chi connectivity index (χ3n) is 3.51. The Labute approximate surface area is 149 Å². The van der Waals surface area contributed by atoms with Crippen molar-refractivity contribution >= 4 is 21.6 Å². The van der Waals surface area contributed by atoms with Crippen molar-refractivity contribution < 1.29 is 26.4 Å². The summed E-state index contributed by atoms with van der Waals surface area (Å²) < 4.78 is 63.9. The van der Waals surface area contributed by atoms with Gasteiger partial charge in [-0.25, -0.2) is 21.6 Å². The number of amides is 1. The number of halogens is 3. The largest absolute Gasteiger partial charge is 0.354 e. The zero-order chi connectivity index (χ0) is 19.3. The zero-order valence-corrected chi connectivity index (χ0v) is 14.7. The van der Waals surface area contributed by atoms with E-state index in [-0.39, 0.29) is 31.1 Å². The molecule has 1 N–H and O–H groups in total. The van der Waals surface area contributed by atoms with Crippen molar-refractivity contribution in [3.05, 3.63) is 65.5 Å². The van der Waals surface area contributed by atoms with Crippen molar-refractivity contribution in [1.82, 2.24) is 5.32 Å². The van der Waals surface area contributed by atoms with Crippen LogP contribution in [0.5, 0.6) is 0 Å². The molecule has 26 heavy (non-hydrogen) atoms. The lowest BCUT2D eigenvalue weighted by Crippen LogP contribution is -2.38. The molecule has 0 saturated carbocycles. The predicted octanol–water partition coefficient (Wildman–Crippen LogP) is 2.23. The summed E-state index contributed by atoms with van der Waals surface area (Å²) >= 11 is 0. The van der Waals surface area contributed by atoms with Crippen LogP contribution >= 0.6 is 0 Å². The molecule has 0 aromatic heterocycles. The molecule has 0 bridgehead atoms. The lowest BCUT2D eigenvalue weighted by atomic mass is 10.1. The average Bonchev–Trinajstić information content (AvgIpc) is 2.55. The SMILES string of the molecule is CS(=O)(=O)N(CCNC(=O)Cc1ccc(F)cc1)c1ccc(F)c(F)c1. The highest BCUT2D eigenvalue weighted by atomic mass is 32.2. The molecular weight excluding hydrogens is 369 g/mol. The zero-order valence-electron chi connectivity index (χ0n) is 13.9. The first kappa shape index (κ1) is 19.8. The van der Waals surface area contributed by atoms with Crippen LogP contribution in [-0.4, -0.2) is 33.7 Å². The molecule has 0 atom stereocenters. The molecule has 0 spiro atoms. The quantitative estimate of drug-likeness (QED) is 0.794. The molecule has 0 heterocycles. The summed E-state index contributed by atoms with van der Waals surface area (Å²) in [5.41, 5.74) is 0.559. The first-order chi connectivity index (χ1) is 12.2. The van der Waals surface area contributed by atoms with Crippen LogP contribution in [0.4, 0.5) is 18.9 Å². The van der Waals surface area contributed by atoms with E-state index in [0.717, 1.165) is 28.8 Å². The highest BCUT2D eigenvalue weighted by molar-refractivity contribution is 7.92.